The predicted octanol–water partition coefficient (Wildman–Crippen LogP) is 0.755. The van der Waals surface area contributed by atoms with E-state index in [9.17, 15) is 0 Å². The smallest absolute Gasteiger partial charge is 0.0607 e. The second kappa shape index (κ2) is 6.38. The standard InChI is InChI=1S/C11H23NO2/c1-9-2-4-10(5-3-9)6-12-11(7-13)8-14/h9-14H,2-8H2,1H3. The maximum absolute atomic E-state index is 8.88. The Morgan fingerprint density at radius 1 is 1.14 bits per heavy atom. The number of hydrogen-bond acceptors (Lipinski definition) is 3. The Morgan fingerprint density at radius 2 is 1.71 bits per heavy atom. The van der Waals surface area contributed by atoms with Crippen LogP contribution >= 0.6 is 0 Å². The minimum Gasteiger partial charge on any atom is -0.395 e. The van der Waals surface area contributed by atoms with Crippen LogP contribution in [-0.2, 0) is 0 Å². The van der Waals surface area contributed by atoms with Crippen LogP contribution in [0, 0.1) is 11.8 Å². The number of nitrogens with one attached hydrogen (secondary N) is 1. The molecule has 0 spiro atoms. The topological polar surface area (TPSA) is 52.5 Å². The summed E-state index contributed by atoms with van der Waals surface area (Å²) in [6.07, 6.45) is 5.24. The van der Waals surface area contributed by atoms with Crippen LogP contribution in [-0.4, -0.2) is 36.0 Å². The Morgan fingerprint density at radius 3 is 2.21 bits per heavy atom. The molecule has 0 atom stereocenters. The molecular weight excluding hydrogens is 178 g/mol. The van der Waals surface area contributed by atoms with E-state index in [1.807, 2.05) is 0 Å². The summed E-state index contributed by atoms with van der Waals surface area (Å²) in [5.41, 5.74) is 0. The van der Waals surface area contributed by atoms with Gasteiger partial charge in [0, 0.05) is 0 Å². The molecule has 0 aromatic rings. The van der Waals surface area contributed by atoms with Crippen LogP contribution in [0.4, 0.5) is 0 Å². The summed E-state index contributed by atoms with van der Waals surface area (Å²) in [4.78, 5) is 0. The lowest BCUT2D eigenvalue weighted by Gasteiger charge is -2.27. The van der Waals surface area contributed by atoms with E-state index in [1.54, 1.807) is 0 Å². The summed E-state index contributed by atoms with van der Waals surface area (Å²) in [6.45, 7) is 3.31. The van der Waals surface area contributed by atoms with Crippen molar-refractivity contribution in [2.24, 2.45) is 11.8 Å². The van der Waals surface area contributed by atoms with Crippen LogP contribution in [0.1, 0.15) is 32.6 Å². The molecule has 14 heavy (non-hydrogen) atoms. The Bertz CT molecular complexity index is 140. The van der Waals surface area contributed by atoms with Crippen molar-refractivity contribution < 1.29 is 10.2 Å². The van der Waals surface area contributed by atoms with Crippen molar-refractivity contribution in [3.05, 3.63) is 0 Å². The zero-order valence-electron chi connectivity index (χ0n) is 9.08. The average molecular weight is 201 g/mol. The van der Waals surface area contributed by atoms with Gasteiger partial charge in [-0.05, 0) is 31.2 Å². The molecule has 1 aliphatic rings. The Labute approximate surface area is 86.5 Å². The molecule has 1 rings (SSSR count). The first kappa shape index (κ1) is 12.0. The summed E-state index contributed by atoms with van der Waals surface area (Å²) in [7, 11) is 0. The Balaban J connectivity index is 2.12. The molecule has 1 fully saturated rings. The largest absolute Gasteiger partial charge is 0.395 e. The molecule has 0 bridgehead atoms. The second-order valence-corrected chi connectivity index (χ2v) is 4.60. The van der Waals surface area contributed by atoms with Gasteiger partial charge in [-0.25, -0.2) is 0 Å². The number of aliphatic hydroxyl groups is 2. The quantitative estimate of drug-likeness (QED) is 0.615. The normalized spacial score (nSPS) is 28.3. The fourth-order valence-electron chi connectivity index (χ4n) is 2.05. The van der Waals surface area contributed by atoms with E-state index in [4.69, 9.17) is 10.2 Å². The van der Waals surface area contributed by atoms with Gasteiger partial charge in [0.1, 0.15) is 0 Å². The third kappa shape index (κ3) is 3.95. The van der Waals surface area contributed by atoms with Gasteiger partial charge >= 0.3 is 0 Å². The van der Waals surface area contributed by atoms with E-state index in [0.29, 0.717) is 0 Å². The van der Waals surface area contributed by atoms with Crippen LogP contribution in [0.5, 0.6) is 0 Å². The van der Waals surface area contributed by atoms with Crippen LogP contribution < -0.4 is 5.32 Å². The van der Waals surface area contributed by atoms with Crippen molar-refractivity contribution in [2.45, 2.75) is 38.6 Å². The van der Waals surface area contributed by atoms with Gasteiger partial charge < -0.3 is 15.5 Å². The zero-order chi connectivity index (χ0) is 10.4. The molecule has 0 unspecified atom stereocenters. The molecule has 3 heteroatoms. The molecular formula is C11H23NO2. The average Bonchev–Trinajstić information content (AvgIpc) is 2.22. The van der Waals surface area contributed by atoms with Gasteiger partial charge in [0.2, 0.25) is 0 Å². The van der Waals surface area contributed by atoms with Crippen LogP contribution in [0.2, 0.25) is 0 Å². The first-order valence-corrected chi connectivity index (χ1v) is 5.71. The fraction of sp³-hybridized carbons (Fsp3) is 1.00. The number of rotatable bonds is 5. The third-order valence-corrected chi connectivity index (χ3v) is 3.27. The SMILES string of the molecule is CC1CCC(CNC(CO)CO)CC1. The second-order valence-electron chi connectivity index (χ2n) is 4.60. The van der Waals surface area contributed by atoms with Crippen LogP contribution in [0.25, 0.3) is 0 Å². The summed E-state index contributed by atoms with van der Waals surface area (Å²) < 4.78 is 0. The molecule has 1 aliphatic carbocycles. The lowest BCUT2D eigenvalue weighted by molar-refractivity contribution is 0.161. The van der Waals surface area contributed by atoms with Gasteiger partial charge in [0.05, 0.1) is 19.3 Å². The molecule has 0 radical (unpaired) electrons. The summed E-state index contributed by atoms with van der Waals surface area (Å²) >= 11 is 0. The summed E-state index contributed by atoms with van der Waals surface area (Å²) in [6, 6.07) is -0.130. The summed E-state index contributed by atoms with van der Waals surface area (Å²) in [5.74, 6) is 1.63. The van der Waals surface area contributed by atoms with Crippen molar-refractivity contribution in [1.82, 2.24) is 5.32 Å². The maximum Gasteiger partial charge on any atom is 0.0607 e. The van der Waals surface area contributed by atoms with Gasteiger partial charge in [-0.2, -0.15) is 0 Å². The van der Waals surface area contributed by atoms with Crippen molar-refractivity contribution in [3.8, 4) is 0 Å². The maximum atomic E-state index is 8.88. The van der Waals surface area contributed by atoms with Crippen LogP contribution in [0.3, 0.4) is 0 Å². The van der Waals surface area contributed by atoms with Crippen molar-refractivity contribution in [1.29, 1.82) is 0 Å². The highest BCUT2D eigenvalue weighted by atomic mass is 16.3. The molecule has 0 aromatic heterocycles. The first-order chi connectivity index (χ1) is 6.76. The third-order valence-electron chi connectivity index (χ3n) is 3.27. The molecule has 0 heterocycles. The van der Waals surface area contributed by atoms with E-state index < -0.39 is 0 Å². The highest BCUT2D eigenvalue weighted by molar-refractivity contribution is 4.74. The molecule has 0 aliphatic heterocycles. The predicted molar refractivity (Wildman–Crippen MR) is 57.1 cm³/mol. The van der Waals surface area contributed by atoms with E-state index in [0.717, 1.165) is 18.4 Å². The highest BCUT2D eigenvalue weighted by Gasteiger charge is 2.18. The van der Waals surface area contributed by atoms with Gasteiger partial charge in [0.15, 0.2) is 0 Å². The van der Waals surface area contributed by atoms with Gasteiger partial charge in [-0.3, -0.25) is 0 Å². The lowest BCUT2D eigenvalue weighted by Crippen LogP contribution is -2.39. The first-order valence-electron chi connectivity index (χ1n) is 5.71. The molecule has 3 N–H and O–H groups in total. The van der Waals surface area contributed by atoms with E-state index in [1.165, 1.54) is 25.7 Å². The highest BCUT2D eigenvalue weighted by Crippen LogP contribution is 2.27. The monoisotopic (exact) mass is 201 g/mol. The fourth-order valence-corrected chi connectivity index (χ4v) is 2.05. The van der Waals surface area contributed by atoms with Gasteiger partial charge in [-0.1, -0.05) is 19.8 Å². The minimum atomic E-state index is -0.130. The lowest BCUT2D eigenvalue weighted by atomic mass is 9.83. The molecule has 0 amide bonds. The zero-order valence-corrected chi connectivity index (χ0v) is 9.08. The van der Waals surface area contributed by atoms with Crippen molar-refractivity contribution in [3.63, 3.8) is 0 Å². The molecule has 0 aromatic carbocycles. The summed E-state index contributed by atoms with van der Waals surface area (Å²) in [5, 5.41) is 21.0. The van der Waals surface area contributed by atoms with E-state index in [2.05, 4.69) is 12.2 Å². The molecule has 84 valence electrons. The molecule has 3 nitrogen and oxygen atoms in total. The Hall–Kier alpha value is -0.120. The van der Waals surface area contributed by atoms with Crippen LogP contribution in [0.15, 0.2) is 0 Å². The van der Waals surface area contributed by atoms with Gasteiger partial charge in [-0.15, -0.1) is 0 Å². The molecule has 0 saturated heterocycles. The minimum absolute atomic E-state index is 0.0274. The van der Waals surface area contributed by atoms with E-state index >= 15 is 0 Å². The number of hydrogen-bond donors (Lipinski definition) is 3. The number of aliphatic hydroxyl groups excluding tert-OH is 2. The Kier molecular flexibility index (Phi) is 5.45. The van der Waals surface area contributed by atoms with Crippen molar-refractivity contribution in [2.75, 3.05) is 19.8 Å². The van der Waals surface area contributed by atoms with Crippen molar-refractivity contribution >= 4 is 0 Å². The molecule has 1 saturated carbocycles. The van der Waals surface area contributed by atoms with E-state index in [-0.39, 0.29) is 19.3 Å². The van der Waals surface area contributed by atoms with Gasteiger partial charge in [0.25, 0.3) is 0 Å².